The number of aromatic nitrogens is 2. The van der Waals surface area contributed by atoms with Crippen molar-refractivity contribution in [3.63, 3.8) is 0 Å². The normalized spacial score (nSPS) is 10.8. The molecule has 0 aliphatic rings. The highest BCUT2D eigenvalue weighted by Gasteiger charge is 2.13. The molecule has 6 heteroatoms. The van der Waals surface area contributed by atoms with Crippen LogP contribution in [0, 0.1) is 6.92 Å². The predicted molar refractivity (Wildman–Crippen MR) is 72.5 cm³/mol. The molecule has 0 unspecified atom stereocenters. The number of hydrazone groups is 1. The summed E-state index contributed by atoms with van der Waals surface area (Å²) in [5, 5.41) is 3.66. The average molecular weight is 258 g/mol. The van der Waals surface area contributed by atoms with Crippen LogP contribution < -0.4 is 11.0 Å². The lowest BCUT2D eigenvalue weighted by Crippen LogP contribution is -2.21. The molecule has 0 aliphatic carbocycles. The topological polar surface area (TPSA) is 68.4 Å². The zero-order valence-corrected chi connectivity index (χ0v) is 10.7. The second-order valence-electron chi connectivity index (χ2n) is 3.98. The van der Waals surface area contributed by atoms with Crippen LogP contribution in [0.25, 0.3) is 5.69 Å². The van der Waals surface area contributed by atoms with Gasteiger partial charge in [0, 0.05) is 12.7 Å². The van der Waals surface area contributed by atoms with Gasteiger partial charge in [-0.1, -0.05) is 18.2 Å². The van der Waals surface area contributed by atoms with Crippen molar-refractivity contribution in [1.82, 2.24) is 14.8 Å². The number of carbonyl (C=O) groups is 1. The summed E-state index contributed by atoms with van der Waals surface area (Å²) in [5.41, 5.74) is 3.97. The number of hydrogen-bond donors (Lipinski definition) is 1. The first-order valence-electron chi connectivity index (χ1n) is 5.73. The van der Waals surface area contributed by atoms with Crippen molar-refractivity contribution in [3.05, 3.63) is 51.9 Å². The van der Waals surface area contributed by atoms with Gasteiger partial charge < -0.3 is 0 Å². The van der Waals surface area contributed by atoms with Crippen LogP contribution in [0.1, 0.15) is 11.3 Å². The van der Waals surface area contributed by atoms with E-state index in [9.17, 15) is 9.59 Å². The van der Waals surface area contributed by atoms with Crippen LogP contribution >= 0.6 is 0 Å². The predicted octanol–water partition coefficient (Wildman–Crippen LogP) is 0.564. The number of rotatable bonds is 4. The summed E-state index contributed by atoms with van der Waals surface area (Å²) in [7, 11) is 1.80. The molecule has 0 aliphatic heterocycles. The molecule has 0 bridgehead atoms. The van der Waals surface area contributed by atoms with Gasteiger partial charge in [0.1, 0.15) is 0 Å². The fourth-order valence-corrected chi connectivity index (χ4v) is 1.87. The zero-order chi connectivity index (χ0) is 13.8. The Labute approximate surface area is 110 Å². The van der Waals surface area contributed by atoms with E-state index in [1.54, 1.807) is 16.4 Å². The lowest BCUT2D eigenvalue weighted by atomic mass is 10.3. The summed E-state index contributed by atoms with van der Waals surface area (Å²) in [5.74, 6) is 0. The van der Waals surface area contributed by atoms with Crippen LogP contribution in [0.3, 0.4) is 0 Å². The fraction of sp³-hybridized carbons (Fsp3) is 0.154. The molecule has 0 saturated carbocycles. The Balaban J connectivity index is 2.56. The molecule has 1 aromatic carbocycles. The van der Waals surface area contributed by atoms with Gasteiger partial charge >= 0.3 is 0 Å². The molecule has 2 rings (SSSR count). The first-order valence-corrected chi connectivity index (χ1v) is 5.73. The van der Waals surface area contributed by atoms with Gasteiger partial charge in [0.15, 0.2) is 0 Å². The number of nitrogens with one attached hydrogen (secondary N) is 1. The van der Waals surface area contributed by atoms with Gasteiger partial charge in [0.25, 0.3) is 5.56 Å². The number of benzene rings is 1. The van der Waals surface area contributed by atoms with Gasteiger partial charge in [0.2, 0.25) is 6.41 Å². The molecule has 0 fully saturated rings. The molecular formula is C13H14N4O2. The van der Waals surface area contributed by atoms with Crippen molar-refractivity contribution in [1.29, 1.82) is 0 Å². The van der Waals surface area contributed by atoms with E-state index in [-0.39, 0.29) is 5.56 Å². The van der Waals surface area contributed by atoms with Crippen LogP contribution in [0.4, 0.5) is 0 Å². The molecule has 0 spiro atoms. The highest BCUT2D eigenvalue weighted by Crippen LogP contribution is 2.08. The summed E-state index contributed by atoms with van der Waals surface area (Å²) in [6.07, 6.45) is 1.80. The van der Waals surface area contributed by atoms with Crippen LogP contribution in [0.15, 0.2) is 40.2 Å². The Bertz CT molecular complexity index is 668. The van der Waals surface area contributed by atoms with Gasteiger partial charge in [0.05, 0.1) is 17.5 Å². The molecule has 1 N–H and O–H groups in total. The SMILES string of the molecule is Cc1c(/C=N/NC=O)c(=O)n(-c2ccccc2)n1C. The maximum absolute atomic E-state index is 12.3. The number of hydrogen-bond acceptors (Lipinski definition) is 3. The smallest absolute Gasteiger partial charge is 0.280 e. The van der Waals surface area contributed by atoms with Crippen molar-refractivity contribution in [2.75, 3.05) is 0 Å². The molecule has 6 nitrogen and oxygen atoms in total. The third-order valence-electron chi connectivity index (χ3n) is 2.92. The third kappa shape index (κ3) is 2.33. The molecule has 98 valence electrons. The Morgan fingerprint density at radius 3 is 2.58 bits per heavy atom. The average Bonchev–Trinajstić information content (AvgIpc) is 2.64. The van der Waals surface area contributed by atoms with Crippen molar-refractivity contribution in [3.8, 4) is 5.69 Å². The largest absolute Gasteiger partial charge is 0.285 e. The number of nitrogens with zero attached hydrogens (tertiary/aromatic N) is 3. The molecule has 1 heterocycles. The minimum atomic E-state index is -0.178. The second kappa shape index (κ2) is 5.34. The summed E-state index contributed by atoms with van der Waals surface area (Å²) in [6, 6.07) is 9.33. The van der Waals surface area contributed by atoms with Crippen LogP contribution in [-0.4, -0.2) is 22.0 Å². The maximum Gasteiger partial charge on any atom is 0.280 e. The van der Waals surface area contributed by atoms with Crippen LogP contribution in [-0.2, 0) is 11.8 Å². The van der Waals surface area contributed by atoms with E-state index in [0.717, 1.165) is 11.4 Å². The van der Waals surface area contributed by atoms with Crippen molar-refractivity contribution < 1.29 is 4.79 Å². The second-order valence-corrected chi connectivity index (χ2v) is 3.98. The zero-order valence-electron chi connectivity index (χ0n) is 10.7. The minimum absolute atomic E-state index is 0.178. The minimum Gasteiger partial charge on any atom is -0.285 e. The molecular weight excluding hydrogens is 244 g/mol. The summed E-state index contributed by atoms with van der Waals surface area (Å²) in [4.78, 5) is 22.5. The lowest BCUT2D eigenvalue weighted by Gasteiger charge is -2.07. The van der Waals surface area contributed by atoms with Gasteiger partial charge in [-0.3, -0.25) is 14.3 Å². The first-order chi connectivity index (χ1) is 9.16. The fourth-order valence-electron chi connectivity index (χ4n) is 1.87. The van der Waals surface area contributed by atoms with Gasteiger partial charge in [-0.25, -0.2) is 10.1 Å². The summed E-state index contributed by atoms with van der Waals surface area (Å²) in [6.45, 7) is 1.82. The van der Waals surface area contributed by atoms with Crippen LogP contribution in [0.5, 0.6) is 0 Å². The number of carbonyl (C=O) groups excluding carboxylic acids is 1. The molecule has 0 saturated heterocycles. The van der Waals surface area contributed by atoms with Gasteiger partial charge in [-0.05, 0) is 19.1 Å². The Kier molecular flexibility index (Phi) is 3.61. The van der Waals surface area contributed by atoms with E-state index in [0.29, 0.717) is 12.0 Å². The standard InChI is InChI=1S/C13H14N4O2/c1-10-12(8-14-15-9-18)13(19)17(16(10)2)11-6-4-3-5-7-11/h3-9H,1-2H3,(H,15,18)/b14-8+. The monoisotopic (exact) mass is 258 g/mol. The Morgan fingerprint density at radius 1 is 1.26 bits per heavy atom. The quantitative estimate of drug-likeness (QED) is 0.495. The molecule has 1 amide bonds. The first kappa shape index (κ1) is 12.8. The molecule has 0 atom stereocenters. The van der Waals surface area contributed by atoms with E-state index >= 15 is 0 Å². The Hall–Kier alpha value is -2.63. The van der Waals surface area contributed by atoms with E-state index < -0.39 is 0 Å². The highest BCUT2D eigenvalue weighted by atomic mass is 16.1. The molecule has 1 aromatic heterocycles. The van der Waals surface area contributed by atoms with Crippen molar-refractivity contribution in [2.45, 2.75) is 6.92 Å². The highest BCUT2D eigenvalue weighted by molar-refractivity contribution is 5.81. The summed E-state index contributed by atoms with van der Waals surface area (Å²) >= 11 is 0. The number of amides is 1. The number of para-hydroxylation sites is 1. The molecule has 0 radical (unpaired) electrons. The van der Waals surface area contributed by atoms with E-state index in [4.69, 9.17) is 0 Å². The van der Waals surface area contributed by atoms with Gasteiger partial charge in [-0.15, -0.1) is 0 Å². The molecule has 19 heavy (non-hydrogen) atoms. The van der Waals surface area contributed by atoms with Crippen LogP contribution in [0.2, 0.25) is 0 Å². The molecule has 2 aromatic rings. The van der Waals surface area contributed by atoms with Crippen molar-refractivity contribution in [2.24, 2.45) is 12.1 Å². The van der Waals surface area contributed by atoms with E-state index in [1.807, 2.05) is 37.3 Å². The van der Waals surface area contributed by atoms with E-state index in [1.165, 1.54) is 6.21 Å². The lowest BCUT2D eigenvalue weighted by molar-refractivity contribution is -0.109. The Morgan fingerprint density at radius 2 is 1.95 bits per heavy atom. The third-order valence-corrected chi connectivity index (χ3v) is 2.92. The summed E-state index contributed by atoms with van der Waals surface area (Å²) < 4.78 is 3.30. The van der Waals surface area contributed by atoms with Gasteiger partial charge in [-0.2, -0.15) is 5.10 Å². The van der Waals surface area contributed by atoms with Crippen molar-refractivity contribution >= 4 is 12.6 Å². The van der Waals surface area contributed by atoms with E-state index in [2.05, 4.69) is 10.5 Å². The maximum atomic E-state index is 12.3.